The minimum Gasteiger partial charge on any atom is -0.318 e. The Morgan fingerprint density at radius 2 is 0.873 bits per heavy atom. The number of para-hydroxylation sites is 2. The highest BCUT2D eigenvalue weighted by Gasteiger charge is 2.34. The van der Waals surface area contributed by atoms with Gasteiger partial charge in [-0.15, -0.1) is 22.7 Å². The Morgan fingerprint density at radius 1 is 0.423 bits per heavy atom. The molecule has 0 amide bonds. The molecule has 0 saturated carbocycles. The zero-order chi connectivity index (χ0) is 47.2. The number of aryl methyl sites for hydroxylation is 2. The number of thiophene rings is 2. The van der Waals surface area contributed by atoms with Gasteiger partial charge in [-0.05, 0) is 67.9 Å². The van der Waals surface area contributed by atoms with Crippen molar-refractivity contribution in [1.29, 1.82) is 5.26 Å². The average molecular weight is 940 g/mol. The SMILES string of the molecule is [C-]#[N+]c1c(-n2c3ccc(C)cc3c3cc(C)ccc32)c(C#N)c(-n2c3ccccc3c3ccc4c5ccccc5sc4c32)c(-c2ccccc2)c1-n1c2ccccc2c2ccc3c4ccccc4sc3c21. The molecule has 0 atom stereocenters. The summed E-state index contributed by atoms with van der Waals surface area (Å²) in [6.07, 6.45) is 0. The third-order valence-corrected chi connectivity index (χ3v) is 17.2. The van der Waals surface area contributed by atoms with Crippen LogP contribution in [-0.4, -0.2) is 13.7 Å². The lowest BCUT2D eigenvalue weighted by Gasteiger charge is -2.26. The smallest absolute Gasteiger partial charge is 0.236 e. The van der Waals surface area contributed by atoms with Gasteiger partial charge >= 0.3 is 0 Å². The Balaban J connectivity index is 1.27. The number of fused-ring (bicyclic) bond motifs is 17. The van der Waals surface area contributed by atoms with E-state index in [0.29, 0.717) is 16.9 Å². The van der Waals surface area contributed by atoms with Gasteiger partial charge in [0.25, 0.3) is 0 Å². The molecular weight excluding hydrogens is 903 g/mol. The van der Waals surface area contributed by atoms with E-state index >= 15 is 0 Å². The second-order valence-corrected chi connectivity index (χ2v) is 20.8. The molecule has 330 valence electrons. The molecule has 0 fully saturated rings. The van der Waals surface area contributed by atoms with Crippen LogP contribution >= 0.6 is 22.7 Å². The van der Waals surface area contributed by atoms with E-state index in [2.05, 4.69) is 216 Å². The van der Waals surface area contributed by atoms with Crippen molar-refractivity contribution in [2.75, 3.05) is 0 Å². The molecule has 5 nitrogen and oxygen atoms in total. The van der Waals surface area contributed by atoms with Gasteiger partial charge < -0.3 is 13.7 Å². The van der Waals surface area contributed by atoms with E-state index in [4.69, 9.17) is 4.85 Å². The predicted molar refractivity (Wildman–Crippen MR) is 301 cm³/mol. The van der Waals surface area contributed by atoms with Gasteiger partial charge in [-0.1, -0.05) is 151 Å². The second-order valence-electron chi connectivity index (χ2n) is 18.7. The van der Waals surface area contributed by atoms with Crippen LogP contribution in [0.5, 0.6) is 0 Å². The minimum absolute atomic E-state index is 0.401. The number of rotatable bonds is 4. The third-order valence-electron chi connectivity index (χ3n) is 14.8. The summed E-state index contributed by atoms with van der Waals surface area (Å²) in [6, 6.07) is 70.1. The van der Waals surface area contributed by atoms with Crippen LogP contribution in [0.25, 0.3) is 139 Å². The Kier molecular flexibility index (Phi) is 8.31. The molecule has 0 saturated heterocycles. The molecule has 0 aliphatic carbocycles. The van der Waals surface area contributed by atoms with Crippen molar-refractivity contribution in [3.8, 4) is 34.3 Å². The molecule has 7 heteroatoms. The Bertz CT molecular complexity index is 4640. The number of nitrogens with zero attached hydrogens (tertiary/aromatic N) is 5. The molecule has 0 aliphatic heterocycles. The van der Waals surface area contributed by atoms with Gasteiger partial charge in [0.05, 0.1) is 71.7 Å². The van der Waals surface area contributed by atoms with Crippen LogP contribution in [0, 0.1) is 31.8 Å². The number of nitriles is 1. The summed E-state index contributed by atoms with van der Waals surface area (Å²) in [5, 5.41) is 23.7. The topological polar surface area (TPSA) is 42.9 Å². The molecule has 0 bridgehead atoms. The molecule has 15 aromatic rings. The van der Waals surface area contributed by atoms with Crippen LogP contribution < -0.4 is 0 Å². The second kappa shape index (κ2) is 14.8. The summed E-state index contributed by atoms with van der Waals surface area (Å²) in [4.78, 5) is 4.74. The maximum absolute atomic E-state index is 12.4. The molecule has 5 aromatic heterocycles. The standard InChI is InChI=1S/C64H37N5S2/c1-36-25-31-52-47(33-36)48-34-37(2)26-32-53(48)67(52)59-49(35-65)58(68-50-21-11-7-17-39(50)43-27-29-45-41-19-9-13-23-54(41)70-63(45)60(43)68)56(38-15-5-4-6-16-38)62(57(59)66-3)69-51-22-12-8-18-40(51)44-28-30-46-42-20-10-14-24-55(42)71-64(46)61(44)69/h4-34H,1-2H3. The minimum atomic E-state index is 0.401. The summed E-state index contributed by atoms with van der Waals surface area (Å²) in [5.41, 5.74) is 12.8. The molecule has 0 unspecified atom stereocenters. The van der Waals surface area contributed by atoms with Crippen LogP contribution in [0.15, 0.2) is 188 Å². The van der Waals surface area contributed by atoms with Crippen molar-refractivity contribution < 1.29 is 0 Å². The Morgan fingerprint density at radius 3 is 1.39 bits per heavy atom. The molecular formula is C64H37N5S2. The van der Waals surface area contributed by atoms with Crippen LogP contribution in [0.3, 0.4) is 0 Å². The largest absolute Gasteiger partial charge is 0.318 e. The summed E-state index contributed by atoms with van der Waals surface area (Å²) in [5.74, 6) is 0. The van der Waals surface area contributed by atoms with Gasteiger partial charge in [-0.2, -0.15) is 5.26 Å². The molecule has 0 N–H and O–H groups in total. The van der Waals surface area contributed by atoms with Gasteiger partial charge in [-0.25, -0.2) is 4.85 Å². The lowest BCUT2D eigenvalue weighted by Crippen LogP contribution is -2.11. The fraction of sp³-hybridized carbons (Fsp3) is 0.0312. The van der Waals surface area contributed by atoms with Gasteiger partial charge in [0.2, 0.25) is 5.69 Å². The first-order chi connectivity index (χ1) is 35.0. The summed E-state index contributed by atoms with van der Waals surface area (Å²) >= 11 is 3.59. The van der Waals surface area contributed by atoms with E-state index in [9.17, 15) is 11.8 Å². The number of benzene rings is 10. The lowest BCUT2D eigenvalue weighted by molar-refractivity contribution is 1.10. The molecule has 0 radical (unpaired) electrons. The van der Waals surface area contributed by atoms with Crippen molar-refractivity contribution in [2.45, 2.75) is 13.8 Å². The van der Waals surface area contributed by atoms with Crippen molar-refractivity contribution in [1.82, 2.24) is 13.7 Å². The zero-order valence-electron chi connectivity index (χ0n) is 38.5. The predicted octanol–water partition coefficient (Wildman–Crippen LogP) is 18.4. The molecule has 71 heavy (non-hydrogen) atoms. The fourth-order valence-corrected chi connectivity index (χ4v) is 14.3. The maximum Gasteiger partial charge on any atom is 0.236 e. The summed E-state index contributed by atoms with van der Waals surface area (Å²) in [7, 11) is 0. The van der Waals surface area contributed by atoms with Crippen molar-refractivity contribution >= 4 is 134 Å². The molecule has 15 rings (SSSR count). The van der Waals surface area contributed by atoms with E-state index < -0.39 is 0 Å². The number of hydrogen-bond acceptors (Lipinski definition) is 3. The molecule has 10 aromatic carbocycles. The van der Waals surface area contributed by atoms with Crippen LogP contribution in [0.1, 0.15) is 16.7 Å². The third kappa shape index (κ3) is 5.37. The van der Waals surface area contributed by atoms with Gasteiger partial charge in [0.15, 0.2) is 0 Å². The van der Waals surface area contributed by atoms with Gasteiger partial charge in [0, 0.05) is 68.8 Å². The van der Waals surface area contributed by atoms with Crippen molar-refractivity contribution in [2.24, 2.45) is 0 Å². The van der Waals surface area contributed by atoms with Gasteiger partial charge in [0.1, 0.15) is 6.07 Å². The highest BCUT2D eigenvalue weighted by Crippen LogP contribution is 2.54. The van der Waals surface area contributed by atoms with Crippen molar-refractivity contribution in [3.63, 3.8) is 0 Å². The van der Waals surface area contributed by atoms with E-state index in [0.717, 1.165) is 108 Å². The summed E-state index contributed by atoms with van der Waals surface area (Å²) < 4.78 is 11.7. The Labute approximate surface area is 414 Å². The molecule has 0 spiro atoms. The highest BCUT2D eigenvalue weighted by molar-refractivity contribution is 7.27. The molecule has 0 aliphatic rings. The Hall–Kier alpha value is -8.98. The van der Waals surface area contributed by atoms with E-state index in [1.807, 2.05) is 6.07 Å². The monoisotopic (exact) mass is 939 g/mol. The van der Waals surface area contributed by atoms with E-state index in [-0.39, 0.29) is 0 Å². The zero-order valence-corrected chi connectivity index (χ0v) is 40.1. The van der Waals surface area contributed by atoms with Crippen LogP contribution in [0.4, 0.5) is 5.69 Å². The van der Waals surface area contributed by atoms with Crippen LogP contribution in [0.2, 0.25) is 0 Å². The highest BCUT2D eigenvalue weighted by atomic mass is 32.1. The van der Waals surface area contributed by atoms with Gasteiger partial charge in [-0.3, -0.25) is 0 Å². The van der Waals surface area contributed by atoms with Crippen LogP contribution in [-0.2, 0) is 0 Å². The normalized spacial score (nSPS) is 12.1. The van der Waals surface area contributed by atoms with E-state index in [1.165, 1.54) is 30.9 Å². The van der Waals surface area contributed by atoms with Crippen molar-refractivity contribution in [3.05, 3.63) is 216 Å². The lowest BCUT2D eigenvalue weighted by atomic mass is 9.93. The molecule has 5 heterocycles. The fourth-order valence-electron chi connectivity index (χ4n) is 11.9. The maximum atomic E-state index is 12.4. The van der Waals surface area contributed by atoms with E-state index in [1.54, 1.807) is 22.7 Å². The first-order valence-corrected chi connectivity index (χ1v) is 25.4. The first kappa shape index (κ1) is 40.0. The number of aromatic nitrogens is 3. The number of hydrogen-bond donors (Lipinski definition) is 0. The first-order valence-electron chi connectivity index (χ1n) is 23.8. The summed E-state index contributed by atoms with van der Waals surface area (Å²) in [6.45, 7) is 13.9. The quantitative estimate of drug-likeness (QED) is 0.162. The average Bonchev–Trinajstić information content (AvgIpc) is 4.22.